The normalized spacial score (nSPS) is 16.7. The van der Waals surface area contributed by atoms with Crippen LogP contribution in [0.1, 0.15) is 36.1 Å². The van der Waals surface area contributed by atoms with Crippen molar-refractivity contribution in [2.24, 2.45) is 0 Å². The van der Waals surface area contributed by atoms with Crippen LogP contribution in [0.3, 0.4) is 0 Å². The summed E-state index contributed by atoms with van der Waals surface area (Å²) in [6.45, 7) is 0.156. The third kappa shape index (κ3) is 2.93. The molecule has 2 aromatic rings. The Morgan fingerprint density at radius 1 is 0.643 bits per heavy atom. The number of rotatable bonds is 2. The van der Waals surface area contributed by atoms with Gasteiger partial charge >= 0.3 is 12.4 Å². The molecule has 0 spiro atoms. The Morgan fingerprint density at radius 3 is 1.14 bits per heavy atom. The van der Waals surface area contributed by atoms with Crippen molar-refractivity contribution in [2.45, 2.75) is 37.5 Å². The van der Waals surface area contributed by atoms with Crippen LogP contribution in [-0.2, 0) is 11.3 Å². The number of benzene rings is 2. The highest BCUT2D eigenvalue weighted by molar-refractivity contribution is 5.94. The van der Waals surface area contributed by atoms with Crippen molar-refractivity contribution in [1.82, 2.24) is 0 Å². The summed E-state index contributed by atoms with van der Waals surface area (Å²) in [7, 11) is 0. The minimum absolute atomic E-state index is 0.0782. The summed E-state index contributed by atoms with van der Waals surface area (Å²) in [4.78, 5) is 0. The second kappa shape index (κ2) is 6.33. The molecule has 0 bridgehead atoms. The smallest absolute Gasteiger partial charge is 0.229 e. The number of alkyl halides is 8. The standard InChI is InChI=1S/C18H10F8N2/c1-15(19,17(21,22)23)13-9-5-3-4-6-10(9)14(12(8-28)11(13)7-27)16(2,20)18(24,25)26/h3-6H,1-2H3. The molecule has 0 amide bonds. The van der Waals surface area contributed by atoms with Crippen LogP contribution in [0.15, 0.2) is 24.3 Å². The first kappa shape index (κ1) is 21.4. The van der Waals surface area contributed by atoms with Crippen LogP contribution >= 0.6 is 0 Å². The van der Waals surface area contributed by atoms with Gasteiger partial charge in [0, 0.05) is 11.1 Å². The molecule has 2 atom stereocenters. The summed E-state index contributed by atoms with van der Waals surface area (Å²) in [5.74, 6) is 0. The molecule has 2 unspecified atom stereocenters. The highest BCUT2D eigenvalue weighted by atomic mass is 19.4. The zero-order valence-electron chi connectivity index (χ0n) is 14.2. The lowest BCUT2D eigenvalue weighted by Gasteiger charge is -2.31. The largest absolute Gasteiger partial charge is 0.426 e. The van der Waals surface area contributed by atoms with Crippen LogP contribution in [0, 0.1) is 22.7 Å². The molecule has 0 heterocycles. The minimum atomic E-state index is -5.56. The summed E-state index contributed by atoms with van der Waals surface area (Å²) in [5.41, 5.74) is -13.6. The maximum absolute atomic E-state index is 14.8. The van der Waals surface area contributed by atoms with Crippen molar-refractivity contribution in [3.05, 3.63) is 46.5 Å². The van der Waals surface area contributed by atoms with Crippen LogP contribution in [0.4, 0.5) is 35.1 Å². The monoisotopic (exact) mass is 406 g/mol. The summed E-state index contributed by atoms with van der Waals surface area (Å²) in [6.07, 6.45) is -11.1. The average molecular weight is 406 g/mol. The van der Waals surface area contributed by atoms with E-state index in [1.165, 1.54) is 0 Å². The number of nitrogens with zero attached hydrogens (tertiary/aromatic N) is 2. The molecule has 0 saturated carbocycles. The van der Waals surface area contributed by atoms with Crippen molar-refractivity contribution < 1.29 is 35.1 Å². The lowest BCUT2D eigenvalue weighted by Crippen LogP contribution is -2.38. The fraction of sp³-hybridized carbons (Fsp3) is 0.333. The molecule has 0 saturated heterocycles. The van der Waals surface area contributed by atoms with Gasteiger partial charge in [-0.25, -0.2) is 8.78 Å². The van der Waals surface area contributed by atoms with Gasteiger partial charge in [0.05, 0.1) is 11.1 Å². The highest BCUT2D eigenvalue weighted by Crippen LogP contribution is 2.52. The maximum Gasteiger partial charge on any atom is 0.426 e. The van der Waals surface area contributed by atoms with Crippen molar-refractivity contribution >= 4 is 10.8 Å². The van der Waals surface area contributed by atoms with Gasteiger partial charge in [0.1, 0.15) is 12.1 Å². The lowest BCUT2D eigenvalue weighted by atomic mass is 9.79. The predicted molar refractivity (Wildman–Crippen MR) is 82.4 cm³/mol. The molecule has 10 heteroatoms. The topological polar surface area (TPSA) is 47.6 Å². The zero-order valence-corrected chi connectivity index (χ0v) is 14.2. The van der Waals surface area contributed by atoms with E-state index in [2.05, 4.69) is 0 Å². The summed E-state index contributed by atoms with van der Waals surface area (Å²) in [6, 6.07) is 6.18. The quantitative estimate of drug-likeness (QED) is 0.568. The Balaban J connectivity index is 3.23. The molecular formula is C18H10F8N2. The van der Waals surface area contributed by atoms with E-state index in [1.54, 1.807) is 0 Å². The van der Waals surface area contributed by atoms with E-state index >= 15 is 0 Å². The first-order valence-electron chi connectivity index (χ1n) is 7.54. The Morgan fingerprint density at radius 2 is 0.929 bits per heavy atom. The fourth-order valence-corrected chi connectivity index (χ4v) is 2.92. The molecule has 0 aliphatic rings. The molecule has 28 heavy (non-hydrogen) atoms. The van der Waals surface area contributed by atoms with E-state index in [4.69, 9.17) is 0 Å². The SMILES string of the molecule is CC(F)(c1c(C#N)c(C#N)c(C(C)(F)C(F)(F)F)c2ccccc12)C(F)(F)F. The lowest BCUT2D eigenvalue weighted by molar-refractivity contribution is -0.229. The number of halogens is 8. The van der Waals surface area contributed by atoms with Gasteiger partial charge in [-0.05, 0) is 24.6 Å². The van der Waals surface area contributed by atoms with E-state index in [0.717, 1.165) is 36.4 Å². The van der Waals surface area contributed by atoms with Crippen LogP contribution in [-0.4, -0.2) is 12.4 Å². The van der Waals surface area contributed by atoms with Gasteiger partial charge in [-0.1, -0.05) is 24.3 Å². The number of nitriles is 2. The van der Waals surface area contributed by atoms with Crippen molar-refractivity contribution in [3.63, 3.8) is 0 Å². The number of hydrogen-bond acceptors (Lipinski definition) is 2. The van der Waals surface area contributed by atoms with Gasteiger partial charge in [-0.3, -0.25) is 0 Å². The first-order valence-corrected chi connectivity index (χ1v) is 7.54. The van der Waals surface area contributed by atoms with Crippen LogP contribution < -0.4 is 0 Å². The number of hydrogen-bond donors (Lipinski definition) is 0. The summed E-state index contributed by atoms with van der Waals surface area (Å²) >= 11 is 0. The maximum atomic E-state index is 14.8. The van der Waals surface area contributed by atoms with Crippen molar-refractivity contribution in [3.8, 4) is 12.1 Å². The van der Waals surface area contributed by atoms with Gasteiger partial charge in [-0.2, -0.15) is 36.9 Å². The minimum Gasteiger partial charge on any atom is -0.229 e. The van der Waals surface area contributed by atoms with Gasteiger partial charge in [-0.15, -0.1) is 0 Å². The van der Waals surface area contributed by atoms with Crippen molar-refractivity contribution in [2.75, 3.05) is 0 Å². The molecular weight excluding hydrogens is 396 g/mol. The summed E-state index contributed by atoms with van der Waals surface area (Å²) in [5, 5.41) is 17.1. The molecule has 0 aliphatic carbocycles. The van der Waals surface area contributed by atoms with E-state index < -0.39 is 56.7 Å². The van der Waals surface area contributed by atoms with E-state index in [9.17, 15) is 45.6 Å². The number of fused-ring (bicyclic) bond motifs is 1. The van der Waals surface area contributed by atoms with Crippen LogP contribution in [0.2, 0.25) is 0 Å². The Kier molecular flexibility index (Phi) is 4.84. The Labute approximate surface area is 153 Å². The molecule has 0 N–H and O–H groups in total. The molecule has 0 radical (unpaired) electrons. The first-order chi connectivity index (χ1) is 12.6. The molecule has 0 fully saturated rings. The predicted octanol–water partition coefficient (Wildman–Crippen LogP) is 6.08. The zero-order chi connectivity index (χ0) is 21.7. The van der Waals surface area contributed by atoms with Gasteiger partial charge in [0.15, 0.2) is 0 Å². The van der Waals surface area contributed by atoms with Crippen molar-refractivity contribution in [1.29, 1.82) is 10.5 Å². The molecule has 0 aliphatic heterocycles. The Bertz CT molecular complexity index is 935. The van der Waals surface area contributed by atoms with Gasteiger partial charge in [0.2, 0.25) is 11.3 Å². The second-order valence-corrected chi connectivity index (χ2v) is 6.27. The summed E-state index contributed by atoms with van der Waals surface area (Å²) < 4.78 is 109. The third-order valence-corrected chi connectivity index (χ3v) is 4.44. The molecule has 2 aromatic carbocycles. The second-order valence-electron chi connectivity index (χ2n) is 6.27. The van der Waals surface area contributed by atoms with E-state index in [0.29, 0.717) is 0 Å². The fourth-order valence-electron chi connectivity index (χ4n) is 2.92. The molecule has 2 nitrogen and oxygen atoms in total. The van der Waals surface area contributed by atoms with E-state index in [-0.39, 0.29) is 13.8 Å². The average Bonchev–Trinajstić information content (AvgIpc) is 2.56. The van der Waals surface area contributed by atoms with Gasteiger partial charge < -0.3 is 0 Å². The molecule has 0 aromatic heterocycles. The third-order valence-electron chi connectivity index (χ3n) is 4.44. The molecule has 148 valence electrons. The highest BCUT2D eigenvalue weighted by Gasteiger charge is 2.59. The van der Waals surface area contributed by atoms with Gasteiger partial charge in [0.25, 0.3) is 0 Å². The van der Waals surface area contributed by atoms with Crippen LogP contribution in [0.25, 0.3) is 10.8 Å². The van der Waals surface area contributed by atoms with E-state index in [1.807, 2.05) is 0 Å². The molecule has 2 rings (SSSR count). The van der Waals surface area contributed by atoms with Crippen LogP contribution in [0.5, 0.6) is 0 Å². The Hall–Kier alpha value is -2.88.